The van der Waals surface area contributed by atoms with Crippen LogP contribution in [-0.4, -0.2) is 43.0 Å². The number of rotatable bonds is 7. The summed E-state index contributed by atoms with van der Waals surface area (Å²) in [5, 5.41) is 3.15. The number of amides is 1. The van der Waals surface area contributed by atoms with Crippen LogP contribution in [0.5, 0.6) is 0 Å². The molecular formula is C13H27N3O. The van der Waals surface area contributed by atoms with E-state index in [1.54, 1.807) is 0 Å². The predicted octanol–water partition coefficient (Wildman–Crippen LogP) is 0.962. The van der Waals surface area contributed by atoms with Crippen LogP contribution in [0.25, 0.3) is 0 Å². The summed E-state index contributed by atoms with van der Waals surface area (Å²) in [7, 11) is 0. The lowest BCUT2D eigenvalue weighted by atomic mass is 9.92. The maximum atomic E-state index is 11.3. The molecule has 1 unspecified atom stereocenters. The summed E-state index contributed by atoms with van der Waals surface area (Å²) in [5.41, 5.74) is 5.39. The number of nitrogens with one attached hydrogen (secondary N) is 1. The Hall–Kier alpha value is -0.610. The summed E-state index contributed by atoms with van der Waals surface area (Å²) >= 11 is 0. The molecule has 0 aromatic rings. The van der Waals surface area contributed by atoms with Crippen LogP contribution in [-0.2, 0) is 4.79 Å². The van der Waals surface area contributed by atoms with E-state index in [-0.39, 0.29) is 11.9 Å². The van der Waals surface area contributed by atoms with Gasteiger partial charge in [-0.1, -0.05) is 26.7 Å². The molecule has 4 heteroatoms. The van der Waals surface area contributed by atoms with Crippen molar-refractivity contribution in [1.29, 1.82) is 0 Å². The molecular weight excluding hydrogens is 214 g/mol. The number of hydrogen-bond acceptors (Lipinski definition) is 3. The molecule has 1 heterocycles. The third kappa shape index (κ3) is 5.04. The van der Waals surface area contributed by atoms with Gasteiger partial charge in [-0.2, -0.15) is 0 Å². The smallest absolute Gasteiger partial charge is 0.235 e. The van der Waals surface area contributed by atoms with Crippen molar-refractivity contribution in [2.24, 2.45) is 11.7 Å². The van der Waals surface area contributed by atoms with Gasteiger partial charge in [0.05, 0.1) is 6.04 Å². The van der Waals surface area contributed by atoms with E-state index < -0.39 is 0 Å². The van der Waals surface area contributed by atoms with E-state index in [2.05, 4.69) is 17.1 Å². The second-order valence-electron chi connectivity index (χ2n) is 5.05. The Labute approximate surface area is 105 Å². The molecule has 0 bridgehead atoms. The van der Waals surface area contributed by atoms with Crippen LogP contribution in [0, 0.1) is 5.92 Å². The molecule has 0 aliphatic carbocycles. The molecule has 1 aliphatic rings. The fourth-order valence-corrected chi connectivity index (χ4v) is 2.63. The van der Waals surface area contributed by atoms with Crippen LogP contribution in [0.4, 0.5) is 0 Å². The molecule has 0 saturated carbocycles. The van der Waals surface area contributed by atoms with E-state index >= 15 is 0 Å². The van der Waals surface area contributed by atoms with E-state index in [0.717, 1.165) is 32.1 Å². The quantitative estimate of drug-likeness (QED) is 0.698. The maximum absolute atomic E-state index is 11.3. The highest BCUT2D eigenvalue weighted by atomic mass is 16.1. The SMILES string of the molecule is CCCC1CCN(CC(NCC)C(N)=O)CC1. The number of hydrogen-bond donors (Lipinski definition) is 2. The molecule has 3 N–H and O–H groups in total. The number of nitrogens with two attached hydrogens (primary N) is 1. The third-order valence-electron chi connectivity index (χ3n) is 3.64. The first-order chi connectivity index (χ1) is 8.17. The van der Waals surface area contributed by atoms with Gasteiger partial charge >= 0.3 is 0 Å². The highest BCUT2D eigenvalue weighted by Crippen LogP contribution is 2.21. The van der Waals surface area contributed by atoms with Crippen molar-refractivity contribution in [1.82, 2.24) is 10.2 Å². The van der Waals surface area contributed by atoms with Gasteiger partial charge in [-0.25, -0.2) is 0 Å². The van der Waals surface area contributed by atoms with Crippen molar-refractivity contribution < 1.29 is 4.79 Å². The topological polar surface area (TPSA) is 58.4 Å². The number of likely N-dealkylation sites (tertiary alicyclic amines) is 1. The molecule has 0 aromatic heterocycles. The number of likely N-dealkylation sites (N-methyl/N-ethyl adjacent to an activating group) is 1. The zero-order chi connectivity index (χ0) is 12.7. The summed E-state index contributed by atoms with van der Waals surface area (Å²) in [6, 6.07) is -0.192. The molecule has 1 amide bonds. The van der Waals surface area contributed by atoms with Crippen molar-refractivity contribution >= 4 is 5.91 Å². The van der Waals surface area contributed by atoms with Crippen molar-refractivity contribution in [3.05, 3.63) is 0 Å². The Bertz CT molecular complexity index is 225. The van der Waals surface area contributed by atoms with E-state index in [1.807, 2.05) is 6.92 Å². The zero-order valence-electron chi connectivity index (χ0n) is 11.2. The minimum absolute atomic E-state index is 0.192. The monoisotopic (exact) mass is 241 g/mol. The first-order valence-electron chi connectivity index (χ1n) is 6.92. The molecule has 1 aliphatic heterocycles. The number of primary amides is 1. The van der Waals surface area contributed by atoms with E-state index in [9.17, 15) is 4.79 Å². The van der Waals surface area contributed by atoms with Crippen molar-refractivity contribution in [3.63, 3.8) is 0 Å². The normalized spacial score (nSPS) is 20.4. The first-order valence-corrected chi connectivity index (χ1v) is 6.92. The number of carbonyl (C=O) groups is 1. The Kier molecular flexibility index (Phi) is 6.52. The molecule has 0 radical (unpaired) electrons. The summed E-state index contributed by atoms with van der Waals surface area (Å²) in [5.74, 6) is 0.657. The van der Waals surface area contributed by atoms with Crippen LogP contribution < -0.4 is 11.1 Å². The van der Waals surface area contributed by atoms with Gasteiger partial charge in [0.15, 0.2) is 0 Å². The Morgan fingerprint density at radius 2 is 2.06 bits per heavy atom. The van der Waals surface area contributed by atoms with Crippen LogP contribution in [0.1, 0.15) is 39.5 Å². The standard InChI is InChI=1S/C13H27N3O/c1-3-5-11-6-8-16(9-7-11)10-12(13(14)17)15-4-2/h11-12,15H,3-10H2,1-2H3,(H2,14,17). The van der Waals surface area contributed by atoms with Gasteiger partial charge in [-0.05, 0) is 38.4 Å². The lowest BCUT2D eigenvalue weighted by Crippen LogP contribution is -2.50. The van der Waals surface area contributed by atoms with Crippen LogP contribution in [0.15, 0.2) is 0 Å². The zero-order valence-corrected chi connectivity index (χ0v) is 11.2. The summed E-state index contributed by atoms with van der Waals surface area (Å²) < 4.78 is 0. The van der Waals surface area contributed by atoms with Crippen molar-refractivity contribution in [3.8, 4) is 0 Å². The molecule has 1 saturated heterocycles. The average molecular weight is 241 g/mol. The molecule has 1 fully saturated rings. The fraction of sp³-hybridized carbons (Fsp3) is 0.923. The van der Waals surface area contributed by atoms with Gasteiger partial charge in [-0.15, -0.1) is 0 Å². The van der Waals surface area contributed by atoms with Crippen molar-refractivity contribution in [2.45, 2.75) is 45.6 Å². The van der Waals surface area contributed by atoms with Crippen LogP contribution in [0.3, 0.4) is 0 Å². The number of nitrogens with zero attached hydrogens (tertiary/aromatic N) is 1. The van der Waals surface area contributed by atoms with Gasteiger partial charge in [0.25, 0.3) is 0 Å². The molecule has 1 atom stereocenters. The third-order valence-corrected chi connectivity index (χ3v) is 3.64. The molecule has 1 rings (SSSR count). The lowest BCUT2D eigenvalue weighted by Gasteiger charge is -2.33. The summed E-state index contributed by atoms with van der Waals surface area (Å²) in [4.78, 5) is 13.6. The minimum Gasteiger partial charge on any atom is -0.368 e. The van der Waals surface area contributed by atoms with Gasteiger partial charge in [-0.3, -0.25) is 4.79 Å². The predicted molar refractivity (Wildman–Crippen MR) is 70.7 cm³/mol. The maximum Gasteiger partial charge on any atom is 0.235 e. The molecule has 17 heavy (non-hydrogen) atoms. The molecule has 0 spiro atoms. The Balaban J connectivity index is 2.30. The van der Waals surface area contributed by atoms with Gasteiger partial charge in [0.2, 0.25) is 5.91 Å². The van der Waals surface area contributed by atoms with E-state index in [1.165, 1.54) is 25.7 Å². The van der Waals surface area contributed by atoms with Crippen molar-refractivity contribution in [2.75, 3.05) is 26.2 Å². The van der Waals surface area contributed by atoms with Gasteiger partial charge < -0.3 is 16.0 Å². The second kappa shape index (κ2) is 7.67. The molecule has 100 valence electrons. The second-order valence-corrected chi connectivity index (χ2v) is 5.05. The summed E-state index contributed by atoms with van der Waals surface area (Å²) in [6.07, 6.45) is 5.17. The average Bonchev–Trinajstić information content (AvgIpc) is 2.31. The molecule has 4 nitrogen and oxygen atoms in total. The lowest BCUT2D eigenvalue weighted by molar-refractivity contribution is -0.120. The van der Waals surface area contributed by atoms with E-state index in [0.29, 0.717) is 0 Å². The number of carbonyl (C=O) groups excluding carboxylic acids is 1. The van der Waals surface area contributed by atoms with Gasteiger partial charge in [0, 0.05) is 6.54 Å². The van der Waals surface area contributed by atoms with Gasteiger partial charge in [0.1, 0.15) is 0 Å². The largest absolute Gasteiger partial charge is 0.368 e. The summed E-state index contributed by atoms with van der Waals surface area (Å²) in [6.45, 7) is 8.03. The number of piperidine rings is 1. The molecule has 0 aromatic carbocycles. The highest BCUT2D eigenvalue weighted by molar-refractivity contribution is 5.80. The Morgan fingerprint density at radius 3 is 2.53 bits per heavy atom. The van der Waals surface area contributed by atoms with Crippen LogP contribution >= 0.6 is 0 Å². The van der Waals surface area contributed by atoms with Crippen LogP contribution in [0.2, 0.25) is 0 Å². The Morgan fingerprint density at radius 1 is 1.41 bits per heavy atom. The first kappa shape index (κ1) is 14.5. The fourth-order valence-electron chi connectivity index (χ4n) is 2.63. The van der Waals surface area contributed by atoms with E-state index in [4.69, 9.17) is 5.73 Å². The highest BCUT2D eigenvalue weighted by Gasteiger charge is 2.22. The minimum atomic E-state index is -0.234.